The minimum Gasteiger partial charge on any atom is -0.779 e. The molecule has 0 aromatic rings. The standard InChI is InChI=1S/C5H13O3P/c1-3-4-5-8-9(2,6)7/h3-5H2,1-2H3,(H,6,7)/p-1. The van der Waals surface area contributed by atoms with E-state index >= 15 is 0 Å². The van der Waals surface area contributed by atoms with Crippen LogP contribution < -0.4 is 4.89 Å². The van der Waals surface area contributed by atoms with Crippen LogP contribution in [-0.2, 0) is 9.09 Å². The summed E-state index contributed by atoms with van der Waals surface area (Å²) in [4.78, 5) is 10.3. The molecule has 0 aliphatic rings. The van der Waals surface area contributed by atoms with Crippen molar-refractivity contribution in [2.75, 3.05) is 13.3 Å². The zero-order valence-electron chi connectivity index (χ0n) is 5.79. The first-order valence-electron chi connectivity index (χ1n) is 2.99. The van der Waals surface area contributed by atoms with E-state index in [0.29, 0.717) is 6.61 Å². The van der Waals surface area contributed by atoms with Crippen molar-refractivity contribution in [3.05, 3.63) is 0 Å². The van der Waals surface area contributed by atoms with Gasteiger partial charge in [-0.05, 0) is 6.42 Å². The van der Waals surface area contributed by atoms with Crippen molar-refractivity contribution < 1.29 is 14.0 Å². The van der Waals surface area contributed by atoms with Crippen molar-refractivity contribution in [2.45, 2.75) is 19.8 Å². The molecule has 0 fully saturated rings. The van der Waals surface area contributed by atoms with Crippen LogP contribution in [0.15, 0.2) is 0 Å². The van der Waals surface area contributed by atoms with Gasteiger partial charge < -0.3 is 14.0 Å². The predicted molar refractivity (Wildman–Crippen MR) is 34.4 cm³/mol. The Labute approximate surface area is 55.6 Å². The van der Waals surface area contributed by atoms with Gasteiger partial charge in [-0.2, -0.15) is 0 Å². The molecule has 1 atom stereocenters. The quantitative estimate of drug-likeness (QED) is 0.444. The Balaban J connectivity index is 3.18. The maximum Gasteiger partial charge on any atom is 0.131 e. The van der Waals surface area contributed by atoms with E-state index in [1.54, 1.807) is 0 Å². The van der Waals surface area contributed by atoms with Gasteiger partial charge in [-0.25, -0.2) is 0 Å². The third-order valence-corrected chi connectivity index (χ3v) is 1.48. The average Bonchev–Trinajstić information content (AvgIpc) is 1.63. The zero-order valence-corrected chi connectivity index (χ0v) is 6.69. The van der Waals surface area contributed by atoms with E-state index in [-0.39, 0.29) is 0 Å². The molecule has 0 heterocycles. The van der Waals surface area contributed by atoms with E-state index < -0.39 is 7.60 Å². The van der Waals surface area contributed by atoms with Gasteiger partial charge in [0.15, 0.2) is 0 Å². The number of hydrogen-bond donors (Lipinski definition) is 0. The molecule has 0 aliphatic heterocycles. The third-order valence-electron chi connectivity index (χ3n) is 0.824. The number of rotatable bonds is 4. The molecule has 0 spiro atoms. The first-order valence-corrected chi connectivity index (χ1v) is 4.98. The molecule has 56 valence electrons. The van der Waals surface area contributed by atoms with Crippen LogP contribution >= 0.6 is 7.60 Å². The molecular formula is C5H12O3P-. The molecule has 3 nitrogen and oxygen atoms in total. The topological polar surface area (TPSA) is 49.4 Å². The van der Waals surface area contributed by atoms with Crippen LogP contribution in [0.1, 0.15) is 19.8 Å². The van der Waals surface area contributed by atoms with Gasteiger partial charge in [-0.15, -0.1) is 0 Å². The Hall–Kier alpha value is 0.150. The van der Waals surface area contributed by atoms with Gasteiger partial charge in [-0.3, -0.25) is 0 Å². The molecule has 0 rings (SSSR count). The van der Waals surface area contributed by atoms with Gasteiger partial charge in [0, 0.05) is 6.66 Å². The van der Waals surface area contributed by atoms with Gasteiger partial charge in [-0.1, -0.05) is 13.3 Å². The highest BCUT2D eigenvalue weighted by molar-refractivity contribution is 7.50. The van der Waals surface area contributed by atoms with Crippen LogP contribution in [0.4, 0.5) is 0 Å². The Morgan fingerprint density at radius 1 is 1.67 bits per heavy atom. The van der Waals surface area contributed by atoms with Crippen molar-refractivity contribution in [1.82, 2.24) is 0 Å². The summed E-state index contributed by atoms with van der Waals surface area (Å²) < 4.78 is 14.8. The number of hydrogen-bond acceptors (Lipinski definition) is 3. The average molecular weight is 151 g/mol. The lowest BCUT2D eigenvalue weighted by Gasteiger charge is -2.16. The summed E-state index contributed by atoms with van der Waals surface area (Å²) in [6, 6.07) is 0. The van der Waals surface area contributed by atoms with Gasteiger partial charge >= 0.3 is 0 Å². The smallest absolute Gasteiger partial charge is 0.131 e. The Bertz CT molecular complexity index is 107. The number of unbranched alkanes of at least 4 members (excludes halogenated alkanes) is 1. The zero-order chi connectivity index (χ0) is 7.33. The van der Waals surface area contributed by atoms with Gasteiger partial charge in [0.25, 0.3) is 0 Å². The molecule has 0 bridgehead atoms. The van der Waals surface area contributed by atoms with E-state index in [1.165, 1.54) is 0 Å². The SMILES string of the molecule is CCCCOP(C)(=O)[O-]. The molecule has 9 heavy (non-hydrogen) atoms. The molecule has 1 unspecified atom stereocenters. The minimum atomic E-state index is -3.45. The second-order valence-corrected chi connectivity index (χ2v) is 3.76. The molecule has 0 aromatic heterocycles. The first kappa shape index (κ1) is 9.15. The van der Waals surface area contributed by atoms with Gasteiger partial charge in [0.05, 0.1) is 6.61 Å². The molecule has 0 saturated carbocycles. The van der Waals surface area contributed by atoms with Crippen LogP contribution in [0, 0.1) is 0 Å². The fourth-order valence-corrected chi connectivity index (χ4v) is 0.835. The third kappa shape index (κ3) is 8.15. The normalized spacial score (nSPS) is 17.2. The maximum atomic E-state index is 10.3. The largest absolute Gasteiger partial charge is 0.779 e. The summed E-state index contributed by atoms with van der Waals surface area (Å²) in [6.45, 7) is 3.39. The van der Waals surface area contributed by atoms with Crippen molar-refractivity contribution in [2.24, 2.45) is 0 Å². The van der Waals surface area contributed by atoms with E-state index in [2.05, 4.69) is 4.52 Å². The van der Waals surface area contributed by atoms with Crippen LogP contribution in [0.25, 0.3) is 0 Å². The van der Waals surface area contributed by atoms with E-state index in [0.717, 1.165) is 19.5 Å². The molecule has 0 amide bonds. The van der Waals surface area contributed by atoms with Crippen molar-refractivity contribution >= 4 is 7.60 Å². The van der Waals surface area contributed by atoms with Crippen molar-refractivity contribution in [3.63, 3.8) is 0 Å². The predicted octanol–water partition coefficient (Wildman–Crippen LogP) is 0.986. The van der Waals surface area contributed by atoms with Gasteiger partial charge in [0.1, 0.15) is 7.60 Å². The summed E-state index contributed by atoms with van der Waals surface area (Å²) in [6.07, 6.45) is 1.76. The Morgan fingerprint density at radius 2 is 2.22 bits per heavy atom. The summed E-state index contributed by atoms with van der Waals surface area (Å²) in [5, 5.41) is 0. The Morgan fingerprint density at radius 3 is 2.56 bits per heavy atom. The highest BCUT2D eigenvalue weighted by Gasteiger charge is 1.95. The minimum absolute atomic E-state index is 0.327. The van der Waals surface area contributed by atoms with Gasteiger partial charge in [0.2, 0.25) is 0 Å². The second kappa shape index (κ2) is 4.04. The monoisotopic (exact) mass is 151 g/mol. The van der Waals surface area contributed by atoms with E-state index in [9.17, 15) is 9.46 Å². The molecule has 4 heteroatoms. The lowest BCUT2D eigenvalue weighted by Crippen LogP contribution is -2.03. The molecule has 0 aliphatic carbocycles. The fourth-order valence-electron chi connectivity index (χ4n) is 0.375. The summed E-state index contributed by atoms with van der Waals surface area (Å²) in [5.41, 5.74) is 0. The van der Waals surface area contributed by atoms with E-state index in [4.69, 9.17) is 0 Å². The lowest BCUT2D eigenvalue weighted by molar-refractivity contribution is -0.196. The van der Waals surface area contributed by atoms with E-state index in [1.807, 2.05) is 6.92 Å². The lowest BCUT2D eigenvalue weighted by atomic mass is 10.4. The molecular weight excluding hydrogens is 139 g/mol. The van der Waals surface area contributed by atoms with Crippen LogP contribution in [0.3, 0.4) is 0 Å². The van der Waals surface area contributed by atoms with Crippen molar-refractivity contribution in [1.29, 1.82) is 0 Å². The Kier molecular flexibility index (Phi) is 4.11. The summed E-state index contributed by atoms with van der Waals surface area (Å²) in [7, 11) is -3.45. The van der Waals surface area contributed by atoms with Crippen LogP contribution in [0.5, 0.6) is 0 Å². The first-order chi connectivity index (χ1) is 4.06. The maximum absolute atomic E-state index is 10.3. The molecule has 0 saturated heterocycles. The van der Waals surface area contributed by atoms with Crippen LogP contribution in [-0.4, -0.2) is 13.3 Å². The highest BCUT2D eigenvalue weighted by Crippen LogP contribution is 2.30. The highest BCUT2D eigenvalue weighted by atomic mass is 31.2. The second-order valence-electron chi connectivity index (χ2n) is 1.96. The molecule has 0 aromatic carbocycles. The summed E-state index contributed by atoms with van der Waals surface area (Å²) >= 11 is 0. The van der Waals surface area contributed by atoms with Crippen molar-refractivity contribution in [3.8, 4) is 0 Å². The molecule has 0 radical (unpaired) electrons. The summed E-state index contributed by atoms with van der Waals surface area (Å²) in [5.74, 6) is 0. The fraction of sp³-hybridized carbons (Fsp3) is 1.00. The molecule has 0 N–H and O–H groups in total. The van der Waals surface area contributed by atoms with Crippen LogP contribution in [0.2, 0.25) is 0 Å².